The van der Waals surface area contributed by atoms with Gasteiger partial charge in [-0.1, -0.05) is 17.7 Å². The molecular weight excluding hydrogens is 222 g/mol. The van der Waals surface area contributed by atoms with Crippen molar-refractivity contribution in [2.24, 2.45) is 0 Å². The van der Waals surface area contributed by atoms with Crippen LogP contribution < -0.4 is 0 Å². The van der Waals surface area contributed by atoms with Gasteiger partial charge < -0.3 is 0 Å². The molecule has 0 saturated heterocycles. The molecule has 1 aromatic heterocycles. The summed E-state index contributed by atoms with van der Waals surface area (Å²) in [5.41, 5.74) is 3.12. The molecule has 0 fully saturated rings. The van der Waals surface area contributed by atoms with Gasteiger partial charge in [0, 0.05) is 10.6 Å². The number of aromatic nitrogens is 2. The topological polar surface area (TPSA) is 41.6 Å². The van der Waals surface area contributed by atoms with Gasteiger partial charge in [0.15, 0.2) is 0 Å². The molecule has 0 amide bonds. The van der Waals surface area contributed by atoms with Crippen LogP contribution in [0.25, 0.3) is 5.69 Å². The second kappa shape index (κ2) is 3.99. The van der Waals surface area contributed by atoms with E-state index in [9.17, 15) is 0 Å². The summed E-state index contributed by atoms with van der Waals surface area (Å²) >= 11 is 5.91. The molecule has 2 rings (SSSR count). The van der Waals surface area contributed by atoms with Crippen molar-refractivity contribution in [3.63, 3.8) is 0 Å². The standard InChI is InChI=1S/C12H10ClN3/c1-8-9(2)15-16(12(8)7-14)11-5-3-4-10(13)6-11/h3-6H,1-2H3. The summed E-state index contributed by atoms with van der Waals surface area (Å²) in [4.78, 5) is 0. The van der Waals surface area contributed by atoms with Gasteiger partial charge in [0.2, 0.25) is 0 Å². The van der Waals surface area contributed by atoms with Gasteiger partial charge in [-0.25, -0.2) is 4.68 Å². The average Bonchev–Trinajstić information content (AvgIpc) is 2.55. The predicted octanol–water partition coefficient (Wildman–Crippen LogP) is 3.01. The van der Waals surface area contributed by atoms with Crippen molar-refractivity contribution in [1.82, 2.24) is 9.78 Å². The molecule has 80 valence electrons. The minimum absolute atomic E-state index is 0.555. The molecule has 0 aliphatic rings. The number of hydrogen-bond donors (Lipinski definition) is 0. The summed E-state index contributed by atoms with van der Waals surface area (Å²) in [6.07, 6.45) is 0. The number of halogens is 1. The van der Waals surface area contributed by atoms with Crippen LogP contribution in [-0.4, -0.2) is 9.78 Å². The lowest BCUT2D eigenvalue weighted by Gasteiger charge is -2.02. The zero-order chi connectivity index (χ0) is 11.7. The Labute approximate surface area is 98.9 Å². The fraction of sp³-hybridized carbons (Fsp3) is 0.167. The highest BCUT2D eigenvalue weighted by Crippen LogP contribution is 2.19. The van der Waals surface area contributed by atoms with E-state index < -0.39 is 0 Å². The zero-order valence-electron chi connectivity index (χ0n) is 9.03. The van der Waals surface area contributed by atoms with E-state index in [1.165, 1.54) is 0 Å². The Bertz CT molecular complexity index is 578. The summed E-state index contributed by atoms with van der Waals surface area (Å²) in [6.45, 7) is 3.78. The highest BCUT2D eigenvalue weighted by Gasteiger charge is 2.12. The van der Waals surface area contributed by atoms with Crippen molar-refractivity contribution in [1.29, 1.82) is 5.26 Å². The summed E-state index contributed by atoms with van der Waals surface area (Å²) in [5, 5.41) is 14.1. The molecule has 16 heavy (non-hydrogen) atoms. The first-order valence-corrected chi connectivity index (χ1v) is 5.23. The van der Waals surface area contributed by atoms with Gasteiger partial charge in [0.05, 0.1) is 11.4 Å². The zero-order valence-corrected chi connectivity index (χ0v) is 9.78. The molecule has 0 unspecified atom stereocenters. The van der Waals surface area contributed by atoms with E-state index in [0.717, 1.165) is 16.9 Å². The second-order valence-electron chi connectivity index (χ2n) is 3.56. The van der Waals surface area contributed by atoms with Crippen molar-refractivity contribution in [3.05, 3.63) is 46.2 Å². The van der Waals surface area contributed by atoms with Crippen LogP contribution in [0.15, 0.2) is 24.3 Å². The molecule has 0 bridgehead atoms. The summed E-state index contributed by atoms with van der Waals surface area (Å²) < 4.78 is 1.62. The molecule has 0 aliphatic heterocycles. The summed E-state index contributed by atoms with van der Waals surface area (Å²) in [6, 6.07) is 9.45. The lowest BCUT2D eigenvalue weighted by molar-refractivity contribution is 0.850. The molecule has 0 spiro atoms. The number of aryl methyl sites for hydroxylation is 1. The molecule has 0 saturated carbocycles. The normalized spacial score (nSPS) is 10.1. The van der Waals surface area contributed by atoms with Crippen LogP contribution in [0.5, 0.6) is 0 Å². The van der Waals surface area contributed by atoms with Crippen LogP contribution in [0.2, 0.25) is 5.02 Å². The Morgan fingerprint density at radius 2 is 2.12 bits per heavy atom. The fourth-order valence-electron chi connectivity index (χ4n) is 1.53. The van der Waals surface area contributed by atoms with Gasteiger partial charge in [-0.2, -0.15) is 10.4 Å². The molecule has 3 nitrogen and oxygen atoms in total. The van der Waals surface area contributed by atoms with E-state index in [0.29, 0.717) is 10.7 Å². The van der Waals surface area contributed by atoms with E-state index in [1.807, 2.05) is 26.0 Å². The third-order valence-corrected chi connectivity index (χ3v) is 2.75. The van der Waals surface area contributed by atoms with Crippen LogP contribution in [0.4, 0.5) is 0 Å². The van der Waals surface area contributed by atoms with Crippen molar-refractivity contribution in [3.8, 4) is 11.8 Å². The van der Waals surface area contributed by atoms with Crippen molar-refractivity contribution < 1.29 is 0 Å². The van der Waals surface area contributed by atoms with E-state index in [-0.39, 0.29) is 0 Å². The highest BCUT2D eigenvalue weighted by atomic mass is 35.5. The quantitative estimate of drug-likeness (QED) is 0.757. The van der Waals surface area contributed by atoms with Crippen molar-refractivity contribution >= 4 is 11.6 Å². The minimum Gasteiger partial charge on any atom is -0.222 e. The van der Waals surface area contributed by atoms with E-state index >= 15 is 0 Å². The minimum atomic E-state index is 0.555. The number of hydrogen-bond acceptors (Lipinski definition) is 2. The van der Waals surface area contributed by atoms with Gasteiger partial charge >= 0.3 is 0 Å². The van der Waals surface area contributed by atoms with Crippen LogP contribution in [0.1, 0.15) is 17.0 Å². The number of benzene rings is 1. The van der Waals surface area contributed by atoms with Gasteiger partial charge in [-0.15, -0.1) is 0 Å². The Balaban J connectivity index is 2.66. The lowest BCUT2D eigenvalue weighted by Crippen LogP contribution is -1.99. The van der Waals surface area contributed by atoms with Gasteiger partial charge in [-0.05, 0) is 32.0 Å². The molecule has 0 atom stereocenters. The smallest absolute Gasteiger partial charge is 0.147 e. The fourth-order valence-corrected chi connectivity index (χ4v) is 1.72. The first kappa shape index (κ1) is 10.7. The Morgan fingerprint density at radius 3 is 2.75 bits per heavy atom. The number of nitriles is 1. The third-order valence-electron chi connectivity index (χ3n) is 2.52. The predicted molar refractivity (Wildman–Crippen MR) is 62.8 cm³/mol. The maximum atomic E-state index is 9.10. The average molecular weight is 232 g/mol. The summed E-state index contributed by atoms with van der Waals surface area (Å²) in [7, 11) is 0. The molecule has 4 heteroatoms. The molecule has 0 N–H and O–H groups in total. The summed E-state index contributed by atoms with van der Waals surface area (Å²) in [5.74, 6) is 0. The Hall–Kier alpha value is -1.79. The lowest BCUT2D eigenvalue weighted by atomic mass is 10.2. The molecule has 1 aromatic carbocycles. The third kappa shape index (κ3) is 1.68. The number of rotatable bonds is 1. The molecule has 0 radical (unpaired) electrons. The van der Waals surface area contributed by atoms with Gasteiger partial charge in [-0.3, -0.25) is 0 Å². The molecule has 0 aliphatic carbocycles. The molecule has 1 heterocycles. The first-order valence-electron chi connectivity index (χ1n) is 4.85. The van der Waals surface area contributed by atoms with Crippen molar-refractivity contribution in [2.45, 2.75) is 13.8 Å². The first-order chi connectivity index (χ1) is 7.63. The second-order valence-corrected chi connectivity index (χ2v) is 4.00. The van der Waals surface area contributed by atoms with Crippen molar-refractivity contribution in [2.75, 3.05) is 0 Å². The van der Waals surface area contributed by atoms with Gasteiger partial charge in [0.25, 0.3) is 0 Å². The van der Waals surface area contributed by atoms with E-state index in [1.54, 1.807) is 16.8 Å². The largest absolute Gasteiger partial charge is 0.222 e. The maximum absolute atomic E-state index is 9.10. The van der Waals surface area contributed by atoms with Crippen LogP contribution in [0.3, 0.4) is 0 Å². The molecule has 2 aromatic rings. The maximum Gasteiger partial charge on any atom is 0.147 e. The monoisotopic (exact) mass is 231 g/mol. The SMILES string of the molecule is Cc1nn(-c2cccc(Cl)c2)c(C#N)c1C. The van der Waals surface area contributed by atoms with Crippen LogP contribution in [0, 0.1) is 25.2 Å². The Morgan fingerprint density at radius 1 is 1.38 bits per heavy atom. The number of nitrogens with zero attached hydrogens (tertiary/aromatic N) is 3. The van der Waals surface area contributed by atoms with E-state index in [2.05, 4.69) is 11.2 Å². The van der Waals surface area contributed by atoms with Gasteiger partial charge in [0.1, 0.15) is 11.8 Å². The molecular formula is C12H10ClN3. The van der Waals surface area contributed by atoms with E-state index in [4.69, 9.17) is 16.9 Å². The Kier molecular flexibility index (Phi) is 2.67. The highest BCUT2D eigenvalue weighted by molar-refractivity contribution is 6.30. The van der Waals surface area contributed by atoms with Crippen LogP contribution >= 0.6 is 11.6 Å². The van der Waals surface area contributed by atoms with Crippen LogP contribution in [-0.2, 0) is 0 Å².